The first-order valence-corrected chi connectivity index (χ1v) is 12.7. The molecular weight excluding hydrogens is 432 g/mol. The number of fused-ring (bicyclic) bond motifs is 2. The zero-order valence-corrected chi connectivity index (χ0v) is 21.1. The average Bonchev–Trinajstić information content (AvgIpc) is 2.92. The Morgan fingerprint density at radius 3 is 1.08 bits per heavy atom. The van der Waals surface area contributed by atoms with Crippen molar-refractivity contribution in [1.82, 2.24) is 0 Å². The SMILES string of the molecule is CC(C)(C)c1ccc(-c2c3ccccc3c(-c3ccc(-c4ccccc4)cc3)c3ccccc23)cc1. The average molecular weight is 463 g/mol. The van der Waals surface area contributed by atoms with Crippen molar-refractivity contribution in [2.75, 3.05) is 0 Å². The monoisotopic (exact) mass is 462 g/mol. The fraction of sp³-hybridized carbons (Fsp3) is 0.111. The van der Waals surface area contributed by atoms with E-state index in [0.29, 0.717) is 0 Å². The van der Waals surface area contributed by atoms with Crippen molar-refractivity contribution in [3.05, 3.63) is 133 Å². The minimum absolute atomic E-state index is 0.137. The maximum atomic E-state index is 2.29. The van der Waals surface area contributed by atoms with Crippen LogP contribution in [0.4, 0.5) is 0 Å². The molecule has 6 aromatic carbocycles. The van der Waals surface area contributed by atoms with E-state index in [1.165, 1.54) is 60.5 Å². The van der Waals surface area contributed by atoms with E-state index in [1.807, 2.05) is 0 Å². The smallest absolute Gasteiger partial charge is 0.00264 e. The van der Waals surface area contributed by atoms with Crippen molar-refractivity contribution in [3.8, 4) is 33.4 Å². The molecule has 0 spiro atoms. The third-order valence-electron chi connectivity index (χ3n) is 7.25. The molecule has 0 heterocycles. The van der Waals surface area contributed by atoms with E-state index >= 15 is 0 Å². The van der Waals surface area contributed by atoms with Gasteiger partial charge < -0.3 is 0 Å². The topological polar surface area (TPSA) is 0 Å². The molecule has 0 atom stereocenters. The molecule has 0 N–H and O–H groups in total. The van der Waals surface area contributed by atoms with Gasteiger partial charge >= 0.3 is 0 Å². The van der Waals surface area contributed by atoms with Gasteiger partial charge in [0.1, 0.15) is 0 Å². The van der Waals surface area contributed by atoms with Crippen LogP contribution >= 0.6 is 0 Å². The van der Waals surface area contributed by atoms with Gasteiger partial charge in [0.15, 0.2) is 0 Å². The molecule has 0 bridgehead atoms. The Balaban J connectivity index is 1.59. The fourth-order valence-corrected chi connectivity index (χ4v) is 5.35. The molecule has 0 aromatic heterocycles. The second-order valence-electron chi connectivity index (χ2n) is 10.6. The first kappa shape index (κ1) is 22.3. The zero-order chi connectivity index (χ0) is 24.7. The molecule has 0 aliphatic rings. The van der Waals surface area contributed by atoms with Crippen LogP contribution in [0.1, 0.15) is 26.3 Å². The summed E-state index contributed by atoms with van der Waals surface area (Å²) in [7, 11) is 0. The molecule has 0 amide bonds. The minimum Gasteiger partial charge on any atom is -0.0622 e. The summed E-state index contributed by atoms with van der Waals surface area (Å²) in [5.74, 6) is 0. The third-order valence-corrected chi connectivity index (χ3v) is 7.25. The van der Waals surface area contributed by atoms with Crippen LogP contribution in [0, 0.1) is 0 Å². The summed E-state index contributed by atoms with van der Waals surface area (Å²) in [5.41, 5.74) is 9.10. The number of benzene rings is 6. The molecule has 0 saturated heterocycles. The van der Waals surface area contributed by atoms with Crippen LogP contribution in [0.15, 0.2) is 127 Å². The van der Waals surface area contributed by atoms with Gasteiger partial charge in [-0.1, -0.05) is 148 Å². The Morgan fingerprint density at radius 1 is 0.333 bits per heavy atom. The van der Waals surface area contributed by atoms with Crippen LogP contribution < -0.4 is 0 Å². The van der Waals surface area contributed by atoms with Crippen LogP contribution in [0.25, 0.3) is 54.9 Å². The first-order valence-electron chi connectivity index (χ1n) is 12.7. The van der Waals surface area contributed by atoms with E-state index in [4.69, 9.17) is 0 Å². The van der Waals surface area contributed by atoms with Gasteiger partial charge in [-0.25, -0.2) is 0 Å². The molecule has 0 fully saturated rings. The van der Waals surface area contributed by atoms with E-state index in [-0.39, 0.29) is 5.41 Å². The maximum Gasteiger partial charge on any atom is -0.00264 e. The summed E-state index contributed by atoms with van der Waals surface area (Å²) < 4.78 is 0. The van der Waals surface area contributed by atoms with Crippen LogP contribution in [0.5, 0.6) is 0 Å². The maximum absolute atomic E-state index is 2.29. The number of hydrogen-bond acceptors (Lipinski definition) is 0. The Hall–Kier alpha value is -4.16. The summed E-state index contributed by atoms with van der Waals surface area (Å²) >= 11 is 0. The van der Waals surface area contributed by atoms with Gasteiger partial charge in [0.05, 0.1) is 0 Å². The Labute approximate surface area is 213 Å². The van der Waals surface area contributed by atoms with Crippen LogP contribution in [-0.2, 0) is 5.41 Å². The van der Waals surface area contributed by atoms with Crippen LogP contribution in [-0.4, -0.2) is 0 Å². The lowest BCUT2D eigenvalue weighted by molar-refractivity contribution is 0.590. The molecule has 0 radical (unpaired) electrons. The molecule has 174 valence electrons. The van der Waals surface area contributed by atoms with Gasteiger partial charge in [0.25, 0.3) is 0 Å². The molecule has 0 aliphatic heterocycles. The lowest BCUT2D eigenvalue weighted by Gasteiger charge is -2.21. The second-order valence-corrected chi connectivity index (χ2v) is 10.6. The Morgan fingerprint density at radius 2 is 0.667 bits per heavy atom. The van der Waals surface area contributed by atoms with Crippen molar-refractivity contribution in [3.63, 3.8) is 0 Å². The molecular formula is C36H30. The lowest BCUT2D eigenvalue weighted by Crippen LogP contribution is -2.10. The summed E-state index contributed by atoms with van der Waals surface area (Å²) in [5, 5.41) is 5.17. The molecule has 6 aromatic rings. The van der Waals surface area contributed by atoms with Gasteiger partial charge in [0.2, 0.25) is 0 Å². The van der Waals surface area contributed by atoms with Crippen LogP contribution in [0.3, 0.4) is 0 Å². The molecule has 6 rings (SSSR count). The van der Waals surface area contributed by atoms with Crippen molar-refractivity contribution < 1.29 is 0 Å². The molecule has 0 saturated carbocycles. The highest BCUT2D eigenvalue weighted by atomic mass is 14.2. The summed E-state index contributed by atoms with van der Waals surface area (Å²) in [4.78, 5) is 0. The first-order chi connectivity index (χ1) is 17.5. The summed E-state index contributed by atoms with van der Waals surface area (Å²) in [6, 6.07) is 46.5. The molecule has 0 heteroatoms. The van der Waals surface area contributed by atoms with Crippen LogP contribution in [0.2, 0.25) is 0 Å². The van der Waals surface area contributed by atoms with Crippen molar-refractivity contribution in [2.45, 2.75) is 26.2 Å². The van der Waals surface area contributed by atoms with E-state index in [9.17, 15) is 0 Å². The van der Waals surface area contributed by atoms with Crippen molar-refractivity contribution >= 4 is 21.5 Å². The molecule has 36 heavy (non-hydrogen) atoms. The standard InChI is InChI=1S/C36H30/c1-36(2,3)29-23-21-28(22-24-29)35-32-15-9-7-13-30(32)34(31-14-8-10-16-33(31)35)27-19-17-26(18-20-27)25-11-5-4-6-12-25/h4-24H,1-3H3. The highest BCUT2D eigenvalue weighted by Crippen LogP contribution is 2.44. The Kier molecular flexibility index (Phi) is 5.46. The molecule has 0 nitrogen and oxygen atoms in total. The van der Waals surface area contributed by atoms with E-state index < -0.39 is 0 Å². The van der Waals surface area contributed by atoms with E-state index in [1.54, 1.807) is 0 Å². The van der Waals surface area contributed by atoms with Gasteiger partial charge in [-0.3, -0.25) is 0 Å². The largest absolute Gasteiger partial charge is 0.0622 e. The number of hydrogen-bond donors (Lipinski definition) is 0. The second kappa shape index (κ2) is 8.81. The molecule has 0 unspecified atom stereocenters. The highest BCUT2D eigenvalue weighted by molar-refractivity contribution is 6.21. The quantitative estimate of drug-likeness (QED) is 0.229. The van der Waals surface area contributed by atoms with Gasteiger partial charge in [-0.05, 0) is 65.9 Å². The Bertz CT molecular complexity index is 1610. The fourth-order valence-electron chi connectivity index (χ4n) is 5.35. The lowest BCUT2D eigenvalue weighted by atomic mass is 9.83. The summed E-state index contributed by atoms with van der Waals surface area (Å²) in [6.45, 7) is 6.81. The summed E-state index contributed by atoms with van der Waals surface area (Å²) in [6.07, 6.45) is 0. The number of rotatable bonds is 3. The predicted octanol–water partition coefficient (Wildman–Crippen LogP) is 10.3. The van der Waals surface area contributed by atoms with Gasteiger partial charge in [0, 0.05) is 0 Å². The van der Waals surface area contributed by atoms with E-state index in [2.05, 4.69) is 148 Å². The van der Waals surface area contributed by atoms with Gasteiger partial charge in [-0.2, -0.15) is 0 Å². The van der Waals surface area contributed by atoms with Crippen molar-refractivity contribution in [2.24, 2.45) is 0 Å². The van der Waals surface area contributed by atoms with Gasteiger partial charge in [-0.15, -0.1) is 0 Å². The van der Waals surface area contributed by atoms with Crippen molar-refractivity contribution in [1.29, 1.82) is 0 Å². The van der Waals surface area contributed by atoms with E-state index in [0.717, 1.165) is 0 Å². The minimum atomic E-state index is 0.137. The normalized spacial score (nSPS) is 11.8. The zero-order valence-electron chi connectivity index (χ0n) is 21.1. The third kappa shape index (κ3) is 3.89. The highest BCUT2D eigenvalue weighted by Gasteiger charge is 2.18. The predicted molar refractivity (Wildman–Crippen MR) is 156 cm³/mol. The molecule has 0 aliphatic carbocycles.